The van der Waals surface area contributed by atoms with Gasteiger partial charge in [-0.15, -0.1) is 0 Å². The highest BCUT2D eigenvalue weighted by Gasteiger charge is 2.46. The Morgan fingerprint density at radius 1 is 0.971 bits per heavy atom. The van der Waals surface area contributed by atoms with Crippen molar-refractivity contribution in [2.24, 2.45) is 0 Å². The van der Waals surface area contributed by atoms with Crippen LogP contribution in [-0.4, -0.2) is 38.4 Å². The Balaban J connectivity index is 1.69. The fourth-order valence-electron chi connectivity index (χ4n) is 4.14. The number of benzene rings is 2. The molecule has 0 spiro atoms. The Labute approximate surface area is 204 Å². The molecule has 4 rings (SSSR count). The maximum absolute atomic E-state index is 13.1. The molecule has 7 heteroatoms. The van der Waals surface area contributed by atoms with Crippen LogP contribution in [0.4, 0.5) is 0 Å². The van der Waals surface area contributed by atoms with Crippen LogP contribution in [-0.2, 0) is 16.1 Å². The van der Waals surface area contributed by atoms with Gasteiger partial charge in [0.15, 0.2) is 0 Å². The van der Waals surface area contributed by atoms with Crippen molar-refractivity contribution in [1.29, 1.82) is 0 Å². The lowest BCUT2D eigenvalue weighted by atomic mass is 9.95. The number of hydrogen-bond donors (Lipinski definition) is 2. The molecule has 1 aromatic heterocycles. The molecule has 0 saturated carbocycles. The zero-order valence-corrected chi connectivity index (χ0v) is 19.6. The first-order valence-electron chi connectivity index (χ1n) is 11.7. The van der Waals surface area contributed by atoms with E-state index in [0.29, 0.717) is 23.5 Å². The average Bonchev–Trinajstić information content (AvgIpc) is 3.12. The number of nitrogens with zero attached hydrogens (tertiary/aromatic N) is 2. The topological polar surface area (TPSA) is 100.0 Å². The Hall–Kier alpha value is -4.13. The van der Waals surface area contributed by atoms with Crippen molar-refractivity contribution in [3.05, 3.63) is 95.3 Å². The monoisotopic (exact) mass is 472 g/mol. The van der Waals surface area contributed by atoms with Crippen LogP contribution in [0.2, 0.25) is 0 Å². The van der Waals surface area contributed by atoms with E-state index in [1.165, 1.54) is 17.0 Å². The van der Waals surface area contributed by atoms with Gasteiger partial charge in [-0.3, -0.25) is 14.6 Å². The van der Waals surface area contributed by atoms with Crippen LogP contribution in [0.15, 0.2) is 78.6 Å². The minimum absolute atomic E-state index is 0.00589. The minimum Gasteiger partial charge on any atom is -0.508 e. The van der Waals surface area contributed by atoms with Crippen molar-refractivity contribution in [3.63, 3.8) is 0 Å². The molecule has 1 amide bonds. The second-order valence-electron chi connectivity index (χ2n) is 8.45. The van der Waals surface area contributed by atoms with E-state index in [-0.39, 0.29) is 23.6 Å². The molecule has 1 saturated heterocycles. The van der Waals surface area contributed by atoms with Crippen molar-refractivity contribution < 1.29 is 24.5 Å². The number of carbonyl (C=O) groups is 2. The van der Waals surface area contributed by atoms with E-state index in [0.717, 1.165) is 24.8 Å². The number of aliphatic hydroxyl groups excluding tert-OH is 1. The molecule has 1 unspecified atom stereocenters. The second-order valence-corrected chi connectivity index (χ2v) is 8.45. The highest BCUT2D eigenvalue weighted by Crippen LogP contribution is 2.40. The molecule has 180 valence electrons. The third kappa shape index (κ3) is 5.35. The summed E-state index contributed by atoms with van der Waals surface area (Å²) in [6.07, 6.45) is 6.40. The SMILES string of the molecule is CCCCCOc1ccc(/C(O)=C2\C(=O)C(=O)N(Cc3ccncc3)C2c2ccc(O)cc2)cc1. The second kappa shape index (κ2) is 10.9. The molecular formula is C28H28N2O5. The number of aromatic hydroxyl groups is 1. The summed E-state index contributed by atoms with van der Waals surface area (Å²) in [7, 11) is 0. The van der Waals surface area contributed by atoms with Crippen molar-refractivity contribution in [2.75, 3.05) is 6.61 Å². The molecule has 3 aromatic rings. The number of unbranched alkanes of at least 4 members (excludes halogenated alkanes) is 2. The lowest BCUT2D eigenvalue weighted by Crippen LogP contribution is -2.29. The van der Waals surface area contributed by atoms with E-state index in [4.69, 9.17) is 4.74 Å². The van der Waals surface area contributed by atoms with Gasteiger partial charge < -0.3 is 19.8 Å². The number of ether oxygens (including phenoxy) is 1. The largest absolute Gasteiger partial charge is 0.508 e. The fourth-order valence-corrected chi connectivity index (χ4v) is 4.14. The van der Waals surface area contributed by atoms with Crippen molar-refractivity contribution in [2.45, 2.75) is 38.8 Å². The van der Waals surface area contributed by atoms with Crippen LogP contribution in [0.25, 0.3) is 5.76 Å². The van der Waals surface area contributed by atoms with Gasteiger partial charge in [0.2, 0.25) is 0 Å². The van der Waals surface area contributed by atoms with Crippen LogP contribution >= 0.6 is 0 Å². The van der Waals surface area contributed by atoms with Crippen LogP contribution in [0.5, 0.6) is 11.5 Å². The molecule has 7 nitrogen and oxygen atoms in total. The first-order valence-corrected chi connectivity index (χ1v) is 11.7. The van der Waals surface area contributed by atoms with Crippen molar-refractivity contribution in [3.8, 4) is 11.5 Å². The Bertz CT molecular complexity index is 1200. The molecule has 1 aliphatic rings. The number of carbonyl (C=O) groups excluding carboxylic acids is 2. The predicted molar refractivity (Wildman–Crippen MR) is 132 cm³/mol. The lowest BCUT2D eigenvalue weighted by molar-refractivity contribution is -0.140. The normalized spacial score (nSPS) is 17.1. The fraction of sp³-hybridized carbons (Fsp3) is 0.250. The van der Waals surface area contributed by atoms with Crippen LogP contribution in [0, 0.1) is 0 Å². The minimum atomic E-state index is -0.811. The summed E-state index contributed by atoms with van der Waals surface area (Å²) in [5.41, 5.74) is 1.83. The van der Waals surface area contributed by atoms with Crippen LogP contribution < -0.4 is 4.74 Å². The van der Waals surface area contributed by atoms with Gasteiger partial charge in [0.25, 0.3) is 11.7 Å². The molecule has 1 fully saturated rings. The third-order valence-corrected chi connectivity index (χ3v) is 6.00. The first kappa shape index (κ1) is 24.0. The van der Waals surface area contributed by atoms with E-state index in [1.807, 2.05) is 0 Å². The van der Waals surface area contributed by atoms with E-state index in [1.54, 1.807) is 60.9 Å². The van der Waals surface area contributed by atoms with E-state index in [9.17, 15) is 19.8 Å². The molecular weight excluding hydrogens is 444 g/mol. The van der Waals surface area contributed by atoms with Gasteiger partial charge in [-0.05, 0) is 66.1 Å². The summed E-state index contributed by atoms with van der Waals surface area (Å²) in [4.78, 5) is 31.7. The number of phenols is 1. The van der Waals surface area contributed by atoms with E-state index < -0.39 is 17.7 Å². The summed E-state index contributed by atoms with van der Waals surface area (Å²) < 4.78 is 5.74. The van der Waals surface area contributed by atoms with E-state index >= 15 is 0 Å². The Kier molecular flexibility index (Phi) is 7.45. The first-order chi connectivity index (χ1) is 17.0. The standard InChI is InChI=1S/C28H28N2O5/c1-2-3-4-17-35-23-11-7-21(8-12-23)26(32)24-25(20-5-9-22(31)10-6-20)30(28(34)27(24)33)18-19-13-15-29-16-14-19/h5-16,25,31-32H,2-4,17-18H2,1H3/b26-24+. The molecule has 2 N–H and O–H groups in total. The number of phenolic OH excluding ortho intramolecular Hbond substituents is 1. The number of likely N-dealkylation sites (tertiary alicyclic amines) is 1. The summed E-state index contributed by atoms with van der Waals surface area (Å²) in [6.45, 7) is 2.91. The highest BCUT2D eigenvalue weighted by atomic mass is 16.5. The van der Waals surface area contributed by atoms with Crippen LogP contribution in [0.1, 0.15) is 48.9 Å². The summed E-state index contributed by atoms with van der Waals surface area (Å²) in [6, 6.07) is 15.8. The maximum atomic E-state index is 13.1. The molecule has 1 aliphatic heterocycles. The van der Waals surface area contributed by atoms with Gasteiger partial charge in [0.1, 0.15) is 17.3 Å². The molecule has 0 bridgehead atoms. The zero-order valence-electron chi connectivity index (χ0n) is 19.6. The smallest absolute Gasteiger partial charge is 0.295 e. The Morgan fingerprint density at radius 3 is 2.31 bits per heavy atom. The number of amides is 1. The third-order valence-electron chi connectivity index (χ3n) is 6.00. The summed E-state index contributed by atoms with van der Waals surface area (Å²) >= 11 is 0. The van der Waals surface area contributed by atoms with Crippen molar-refractivity contribution >= 4 is 17.4 Å². The molecule has 0 aliphatic carbocycles. The lowest BCUT2D eigenvalue weighted by Gasteiger charge is -2.25. The van der Waals surface area contributed by atoms with Gasteiger partial charge in [-0.25, -0.2) is 0 Å². The number of pyridine rings is 1. The van der Waals surface area contributed by atoms with Crippen LogP contribution in [0.3, 0.4) is 0 Å². The van der Waals surface area contributed by atoms with Gasteiger partial charge >= 0.3 is 0 Å². The number of aromatic nitrogens is 1. The predicted octanol–water partition coefficient (Wildman–Crippen LogP) is 4.98. The molecule has 2 aromatic carbocycles. The quantitative estimate of drug-likeness (QED) is 0.197. The number of hydrogen-bond acceptors (Lipinski definition) is 6. The highest BCUT2D eigenvalue weighted by molar-refractivity contribution is 6.46. The summed E-state index contributed by atoms with van der Waals surface area (Å²) in [5, 5.41) is 20.9. The number of ketones is 1. The molecule has 0 radical (unpaired) electrons. The van der Waals surface area contributed by atoms with Gasteiger partial charge in [-0.2, -0.15) is 0 Å². The Morgan fingerprint density at radius 2 is 1.66 bits per heavy atom. The molecule has 2 heterocycles. The maximum Gasteiger partial charge on any atom is 0.295 e. The van der Waals surface area contributed by atoms with E-state index in [2.05, 4.69) is 11.9 Å². The van der Waals surface area contributed by atoms with Gasteiger partial charge in [0, 0.05) is 24.5 Å². The van der Waals surface area contributed by atoms with Crippen molar-refractivity contribution in [1.82, 2.24) is 9.88 Å². The average molecular weight is 473 g/mol. The zero-order chi connectivity index (χ0) is 24.8. The number of aliphatic hydroxyl groups is 1. The molecule has 1 atom stereocenters. The molecule has 35 heavy (non-hydrogen) atoms. The number of rotatable bonds is 9. The summed E-state index contributed by atoms with van der Waals surface area (Å²) in [5.74, 6) is -0.969. The number of Topliss-reactive ketones (excluding diaryl/α,β-unsaturated/α-hetero) is 1. The van der Waals surface area contributed by atoms with Gasteiger partial charge in [-0.1, -0.05) is 31.9 Å². The van der Waals surface area contributed by atoms with Gasteiger partial charge in [0.05, 0.1) is 18.2 Å².